The van der Waals surface area contributed by atoms with Crippen LogP contribution < -0.4 is 11.1 Å². The second-order valence-corrected chi connectivity index (χ2v) is 4.55. The number of nitrogens with one attached hydrogen (secondary N) is 1. The molecule has 5 nitrogen and oxygen atoms in total. The lowest BCUT2D eigenvalue weighted by atomic mass is 10.1. The van der Waals surface area contributed by atoms with Crippen molar-refractivity contribution in [2.75, 3.05) is 11.1 Å². The maximum Gasteiger partial charge on any atom is 0.337 e. The summed E-state index contributed by atoms with van der Waals surface area (Å²) in [5.41, 5.74) is 5.35. The van der Waals surface area contributed by atoms with E-state index in [0.717, 1.165) is 11.8 Å². The first-order valence-corrected chi connectivity index (χ1v) is 6.08. The van der Waals surface area contributed by atoms with E-state index in [4.69, 9.17) is 15.3 Å². The van der Waals surface area contributed by atoms with Gasteiger partial charge in [-0.2, -0.15) is 0 Å². The molecule has 1 aromatic heterocycles. The molecule has 6 heteroatoms. The number of nitrogens with two attached hydrogens (primary N) is 1. The van der Waals surface area contributed by atoms with Crippen LogP contribution in [0.25, 0.3) is 0 Å². The average molecular weight is 278 g/mol. The highest BCUT2D eigenvalue weighted by Crippen LogP contribution is 2.23. The smallest absolute Gasteiger partial charge is 0.337 e. The number of carboxylic acid groups (broad SMARTS) is 1. The molecule has 0 aliphatic carbocycles. The van der Waals surface area contributed by atoms with Gasteiger partial charge in [-0.25, -0.2) is 9.18 Å². The minimum absolute atomic E-state index is 0.0979. The minimum atomic E-state index is -1.19. The maximum atomic E-state index is 13.8. The van der Waals surface area contributed by atoms with Crippen LogP contribution in [-0.2, 0) is 6.42 Å². The molecular formula is C14H15FN2O3. The second kappa shape index (κ2) is 5.64. The van der Waals surface area contributed by atoms with Crippen molar-refractivity contribution in [3.63, 3.8) is 0 Å². The number of nitrogen functional groups attached to an aromatic ring is 1. The minimum Gasteiger partial charge on any atom is -0.478 e. The molecule has 4 N–H and O–H groups in total. The van der Waals surface area contributed by atoms with E-state index in [2.05, 4.69) is 5.32 Å². The number of aromatic carboxylic acids is 1. The van der Waals surface area contributed by atoms with Crippen LogP contribution in [0.5, 0.6) is 0 Å². The molecule has 0 spiro atoms. The van der Waals surface area contributed by atoms with Gasteiger partial charge < -0.3 is 20.6 Å². The molecule has 0 radical (unpaired) electrons. The Hall–Kier alpha value is -2.50. The molecule has 0 bridgehead atoms. The van der Waals surface area contributed by atoms with Crippen molar-refractivity contribution in [3.8, 4) is 0 Å². The Bertz CT molecular complexity index is 611. The monoisotopic (exact) mass is 278 g/mol. The van der Waals surface area contributed by atoms with Crippen LogP contribution in [0.3, 0.4) is 0 Å². The van der Waals surface area contributed by atoms with Gasteiger partial charge in [0.05, 0.1) is 17.5 Å². The molecule has 1 heterocycles. The van der Waals surface area contributed by atoms with Gasteiger partial charge in [0.2, 0.25) is 0 Å². The predicted molar refractivity (Wildman–Crippen MR) is 73.3 cm³/mol. The van der Waals surface area contributed by atoms with Gasteiger partial charge in [0.15, 0.2) is 0 Å². The fourth-order valence-electron chi connectivity index (χ4n) is 1.93. The third kappa shape index (κ3) is 3.09. The zero-order chi connectivity index (χ0) is 14.7. The average Bonchev–Trinajstić information content (AvgIpc) is 2.84. The summed E-state index contributed by atoms with van der Waals surface area (Å²) < 4.78 is 19.0. The van der Waals surface area contributed by atoms with Crippen molar-refractivity contribution in [2.45, 2.75) is 19.4 Å². The van der Waals surface area contributed by atoms with Gasteiger partial charge in [0.1, 0.15) is 11.6 Å². The van der Waals surface area contributed by atoms with Gasteiger partial charge in [-0.1, -0.05) is 0 Å². The number of carbonyl (C=O) groups is 1. The van der Waals surface area contributed by atoms with E-state index in [0.29, 0.717) is 6.42 Å². The molecule has 1 unspecified atom stereocenters. The summed E-state index contributed by atoms with van der Waals surface area (Å²) in [6.45, 7) is 1.85. The molecule has 20 heavy (non-hydrogen) atoms. The van der Waals surface area contributed by atoms with Crippen LogP contribution >= 0.6 is 0 Å². The summed E-state index contributed by atoms with van der Waals surface area (Å²) in [4.78, 5) is 11.0. The molecule has 2 aromatic rings. The molecule has 2 rings (SSSR count). The zero-order valence-corrected chi connectivity index (χ0v) is 10.9. The third-order valence-electron chi connectivity index (χ3n) is 2.86. The molecule has 0 amide bonds. The van der Waals surface area contributed by atoms with Crippen molar-refractivity contribution >= 4 is 17.3 Å². The van der Waals surface area contributed by atoms with Crippen molar-refractivity contribution in [2.24, 2.45) is 0 Å². The second-order valence-electron chi connectivity index (χ2n) is 4.55. The Morgan fingerprint density at radius 3 is 2.90 bits per heavy atom. The van der Waals surface area contributed by atoms with Gasteiger partial charge in [-0.05, 0) is 31.2 Å². The molecular weight excluding hydrogens is 263 g/mol. The van der Waals surface area contributed by atoms with Gasteiger partial charge in [-0.15, -0.1) is 0 Å². The number of carboxylic acids is 1. The zero-order valence-electron chi connectivity index (χ0n) is 10.9. The number of benzene rings is 1. The third-order valence-corrected chi connectivity index (χ3v) is 2.86. The van der Waals surface area contributed by atoms with Crippen LogP contribution in [-0.4, -0.2) is 17.1 Å². The number of anilines is 2. The summed E-state index contributed by atoms with van der Waals surface area (Å²) in [6, 6.07) is 5.67. The molecule has 1 aromatic carbocycles. The van der Waals surface area contributed by atoms with E-state index in [1.807, 2.05) is 13.0 Å². The Balaban J connectivity index is 2.16. The molecule has 1 atom stereocenters. The molecule has 0 aliphatic rings. The summed E-state index contributed by atoms with van der Waals surface area (Å²) in [7, 11) is 0. The lowest BCUT2D eigenvalue weighted by Gasteiger charge is -2.16. The van der Waals surface area contributed by atoms with Crippen molar-refractivity contribution in [1.29, 1.82) is 0 Å². The Morgan fingerprint density at radius 2 is 2.30 bits per heavy atom. The summed E-state index contributed by atoms with van der Waals surface area (Å²) in [5, 5.41) is 11.9. The highest BCUT2D eigenvalue weighted by molar-refractivity contribution is 5.94. The Morgan fingerprint density at radius 1 is 1.55 bits per heavy atom. The molecule has 0 saturated heterocycles. The fourth-order valence-corrected chi connectivity index (χ4v) is 1.93. The molecule has 0 aliphatic heterocycles. The van der Waals surface area contributed by atoms with E-state index in [1.54, 1.807) is 12.3 Å². The summed E-state index contributed by atoms with van der Waals surface area (Å²) in [5.74, 6) is -1.01. The van der Waals surface area contributed by atoms with Crippen LogP contribution in [0.4, 0.5) is 15.8 Å². The Kier molecular flexibility index (Phi) is 3.93. The van der Waals surface area contributed by atoms with Gasteiger partial charge in [0.25, 0.3) is 0 Å². The van der Waals surface area contributed by atoms with Crippen LogP contribution in [0.1, 0.15) is 23.0 Å². The molecule has 106 valence electrons. The van der Waals surface area contributed by atoms with Crippen molar-refractivity contribution in [3.05, 3.63) is 47.7 Å². The molecule has 0 saturated carbocycles. The van der Waals surface area contributed by atoms with Crippen LogP contribution in [0, 0.1) is 5.82 Å². The normalized spacial score (nSPS) is 12.1. The maximum absolute atomic E-state index is 13.8. The highest BCUT2D eigenvalue weighted by atomic mass is 19.1. The van der Waals surface area contributed by atoms with Crippen LogP contribution in [0.15, 0.2) is 34.9 Å². The van der Waals surface area contributed by atoms with Crippen LogP contribution in [0.2, 0.25) is 0 Å². The number of rotatable bonds is 5. The first kappa shape index (κ1) is 13.9. The molecule has 0 fully saturated rings. The van der Waals surface area contributed by atoms with Gasteiger partial charge >= 0.3 is 5.97 Å². The standard InChI is InChI=1S/C14H15FN2O3/c1-8(5-9-3-2-4-20-9)17-13-6-10(14(18)19)12(16)7-11(13)15/h2-4,6-8,17H,5,16H2,1H3,(H,18,19). The largest absolute Gasteiger partial charge is 0.478 e. The number of furan rings is 1. The first-order valence-electron chi connectivity index (χ1n) is 6.08. The van der Waals surface area contributed by atoms with Crippen molar-refractivity contribution < 1.29 is 18.7 Å². The predicted octanol–water partition coefficient (Wildman–Crippen LogP) is 2.74. The lowest BCUT2D eigenvalue weighted by molar-refractivity contribution is 0.0698. The van der Waals surface area contributed by atoms with Gasteiger partial charge in [-0.3, -0.25) is 0 Å². The highest BCUT2D eigenvalue weighted by Gasteiger charge is 2.15. The summed E-state index contributed by atoms with van der Waals surface area (Å²) >= 11 is 0. The summed E-state index contributed by atoms with van der Waals surface area (Å²) in [6.07, 6.45) is 2.12. The lowest BCUT2D eigenvalue weighted by Crippen LogP contribution is -2.19. The Labute approximate surface area is 115 Å². The number of hydrogen-bond donors (Lipinski definition) is 3. The SMILES string of the molecule is CC(Cc1ccco1)Nc1cc(C(=O)O)c(N)cc1F. The first-order chi connectivity index (χ1) is 9.47. The topological polar surface area (TPSA) is 88.5 Å². The van der Waals surface area contributed by atoms with E-state index < -0.39 is 11.8 Å². The number of halogens is 1. The van der Waals surface area contributed by atoms with Crippen molar-refractivity contribution in [1.82, 2.24) is 0 Å². The fraction of sp³-hybridized carbons (Fsp3) is 0.214. The van der Waals surface area contributed by atoms with Gasteiger partial charge in [0, 0.05) is 18.2 Å². The quantitative estimate of drug-likeness (QED) is 0.732. The van der Waals surface area contributed by atoms with E-state index in [1.165, 1.54) is 6.07 Å². The van der Waals surface area contributed by atoms with E-state index in [-0.39, 0.29) is 23.0 Å². The van der Waals surface area contributed by atoms with E-state index >= 15 is 0 Å². The van der Waals surface area contributed by atoms with E-state index in [9.17, 15) is 9.18 Å². The number of hydrogen-bond acceptors (Lipinski definition) is 4.